The molecule has 0 radical (unpaired) electrons. The lowest BCUT2D eigenvalue weighted by molar-refractivity contribution is 0.476. The highest BCUT2D eigenvalue weighted by atomic mass is 31.2. The highest BCUT2D eigenvalue weighted by Gasteiger charge is 2.46. The molecule has 2 nitrogen and oxygen atoms in total. The van der Waals surface area contributed by atoms with Gasteiger partial charge in [-0.05, 0) is 51.1 Å². The van der Waals surface area contributed by atoms with Gasteiger partial charge >= 0.3 is 0 Å². The van der Waals surface area contributed by atoms with E-state index in [-0.39, 0.29) is 5.75 Å². The van der Waals surface area contributed by atoms with Gasteiger partial charge in [0.1, 0.15) is 5.75 Å². The van der Waals surface area contributed by atoms with Crippen LogP contribution in [0.2, 0.25) is 0 Å². The van der Waals surface area contributed by atoms with E-state index < -0.39 is 12.6 Å². The fourth-order valence-electron chi connectivity index (χ4n) is 7.28. The SMILES string of the molecule is O=P(c1ccccc1)(c1ccccc1)c1ccc(-c2cc3c(cc2O)C(c2ccccc2)(c2ccccc2)c2ccccc2-3)cc1. The first kappa shape index (κ1) is 28.1. The molecule has 0 atom stereocenters. The number of rotatable bonds is 6. The Hall–Kier alpha value is -5.43. The van der Waals surface area contributed by atoms with Crippen LogP contribution in [-0.4, -0.2) is 5.11 Å². The molecule has 1 N–H and O–H groups in total. The van der Waals surface area contributed by atoms with Crippen molar-refractivity contribution < 1.29 is 9.67 Å². The van der Waals surface area contributed by atoms with Crippen LogP contribution in [0.1, 0.15) is 22.3 Å². The molecule has 3 heteroatoms. The Morgan fingerprint density at radius 3 is 1.41 bits per heavy atom. The highest BCUT2D eigenvalue weighted by Crippen LogP contribution is 2.57. The summed E-state index contributed by atoms with van der Waals surface area (Å²) in [5.74, 6) is 0.213. The normalized spacial score (nSPS) is 13.1. The minimum Gasteiger partial charge on any atom is -0.507 e. The van der Waals surface area contributed by atoms with Crippen LogP contribution in [0.5, 0.6) is 5.75 Å². The second-order valence-electron chi connectivity index (χ2n) is 11.8. The van der Waals surface area contributed by atoms with Crippen molar-refractivity contribution in [3.63, 3.8) is 0 Å². The molecular formula is C43H31O2P. The van der Waals surface area contributed by atoms with Gasteiger partial charge in [0.15, 0.2) is 7.14 Å². The number of hydrogen-bond donors (Lipinski definition) is 1. The number of fused-ring (bicyclic) bond motifs is 3. The Bertz CT molecular complexity index is 2130. The van der Waals surface area contributed by atoms with Gasteiger partial charge in [0.05, 0.1) is 5.41 Å². The summed E-state index contributed by atoms with van der Waals surface area (Å²) in [6.07, 6.45) is 0. The topological polar surface area (TPSA) is 37.3 Å². The van der Waals surface area contributed by atoms with E-state index in [9.17, 15) is 9.67 Å². The Morgan fingerprint density at radius 2 is 0.870 bits per heavy atom. The molecule has 1 aliphatic rings. The van der Waals surface area contributed by atoms with Gasteiger partial charge in [0, 0.05) is 21.5 Å². The molecule has 0 fully saturated rings. The Kier molecular flexibility index (Phi) is 6.82. The maximum absolute atomic E-state index is 14.9. The van der Waals surface area contributed by atoms with Gasteiger partial charge in [-0.2, -0.15) is 0 Å². The van der Waals surface area contributed by atoms with Gasteiger partial charge in [-0.3, -0.25) is 0 Å². The molecule has 0 aromatic heterocycles. The van der Waals surface area contributed by atoms with Crippen LogP contribution < -0.4 is 15.9 Å². The third kappa shape index (κ3) is 4.22. The molecule has 0 unspecified atom stereocenters. The number of phenols is 1. The summed E-state index contributed by atoms with van der Waals surface area (Å²) in [4.78, 5) is 0. The fourth-order valence-corrected chi connectivity index (χ4v) is 9.93. The number of benzene rings is 7. The average molecular weight is 611 g/mol. The molecule has 0 aliphatic heterocycles. The molecule has 7 aromatic carbocycles. The first-order valence-electron chi connectivity index (χ1n) is 15.5. The van der Waals surface area contributed by atoms with E-state index in [1.54, 1.807) is 0 Å². The summed E-state index contributed by atoms with van der Waals surface area (Å²) in [7, 11) is -3.10. The molecule has 8 rings (SSSR count). The smallest absolute Gasteiger partial charge is 0.171 e. The van der Waals surface area contributed by atoms with E-state index in [0.29, 0.717) is 0 Å². The first-order chi connectivity index (χ1) is 22.6. The van der Waals surface area contributed by atoms with Crippen molar-refractivity contribution in [1.29, 1.82) is 0 Å². The minimum atomic E-state index is -3.10. The zero-order chi connectivity index (χ0) is 31.1. The van der Waals surface area contributed by atoms with Crippen molar-refractivity contribution in [2.24, 2.45) is 0 Å². The molecule has 7 aromatic rings. The van der Waals surface area contributed by atoms with Gasteiger partial charge in [-0.15, -0.1) is 0 Å². The Balaban J connectivity index is 1.30. The molecule has 220 valence electrons. The standard InChI is InChI=1S/C43H31O2P/c44-42-30-41-39(37-23-13-14-24-40(37)43(41,32-15-5-1-6-16-32)33-17-7-2-8-18-33)29-38(42)31-25-27-36(28-26-31)46(45,34-19-9-3-10-20-34)35-21-11-4-12-22-35/h1-30,44H. The van der Waals surface area contributed by atoms with E-state index >= 15 is 0 Å². The van der Waals surface area contributed by atoms with Crippen molar-refractivity contribution in [2.45, 2.75) is 5.41 Å². The highest BCUT2D eigenvalue weighted by molar-refractivity contribution is 7.85. The summed E-state index contributed by atoms with van der Waals surface area (Å²) in [5, 5.41) is 14.1. The van der Waals surface area contributed by atoms with Gasteiger partial charge in [-0.1, -0.05) is 170 Å². The predicted molar refractivity (Wildman–Crippen MR) is 190 cm³/mol. The van der Waals surface area contributed by atoms with Crippen molar-refractivity contribution in [3.05, 3.63) is 204 Å². The molecule has 0 saturated heterocycles. The van der Waals surface area contributed by atoms with Crippen molar-refractivity contribution in [2.75, 3.05) is 0 Å². The van der Waals surface area contributed by atoms with Crippen LogP contribution in [0.15, 0.2) is 182 Å². The summed E-state index contributed by atoms with van der Waals surface area (Å²) in [6.45, 7) is 0. The first-order valence-corrected chi connectivity index (χ1v) is 17.2. The second-order valence-corrected chi connectivity index (χ2v) is 14.5. The number of aromatic hydroxyl groups is 1. The minimum absolute atomic E-state index is 0.213. The van der Waals surface area contributed by atoms with E-state index in [4.69, 9.17) is 0 Å². The quantitative estimate of drug-likeness (QED) is 0.191. The van der Waals surface area contributed by atoms with E-state index in [0.717, 1.165) is 54.9 Å². The van der Waals surface area contributed by atoms with Crippen molar-refractivity contribution in [3.8, 4) is 28.0 Å². The van der Waals surface area contributed by atoms with E-state index in [1.807, 2.05) is 103 Å². The third-order valence-electron chi connectivity index (χ3n) is 9.36. The van der Waals surface area contributed by atoms with Crippen molar-refractivity contribution in [1.82, 2.24) is 0 Å². The lowest BCUT2D eigenvalue weighted by atomic mass is 9.67. The molecule has 0 saturated carbocycles. The maximum atomic E-state index is 14.9. The summed E-state index contributed by atoms with van der Waals surface area (Å²) >= 11 is 0. The summed E-state index contributed by atoms with van der Waals surface area (Å²) in [5.41, 5.74) is 7.84. The van der Waals surface area contributed by atoms with Crippen LogP contribution in [0.4, 0.5) is 0 Å². The van der Waals surface area contributed by atoms with Crippen LogP contribution >= 0.6 is 7.14 Å². The lowest BCUT2D eigenvalue weighted by Crippen LogP contribution is -2.28. The van der Waals surface area contributed by atoms with Crippen LogP contribution in [0, 0.1) is 0 Å². The molecule has 0 bridgehead atoms. The van der Waals surface area contributed by atoms with Gasteiger partial charge in [-0.25, -0.2) is 0 Å². The fraction of sp³-hybridized carbons (Fsp3) is 0.0233. The summed E-state index contributed by atoms with van der Waals surface area (Å²) < 4.78 is 14.9. The zero-order valence-corrected chi connectivity index (χ0v) is 26.0. The van der Waals surface area contributed by atoms with E-state index in [1.165, 1.54) is 5.56 Å². The Labute approximate surface area is 269 Å². The van der Waals surface area contributed by atoms with Crippen molar-refractivity contribution >= 4 is 23.1 Å². The van der Waals surface area contributed by atoms with Crippen LogP contribution in [-0.2, 0) is 9.98 Å². The molecule has 0 amide bonds. The molecule has 1 aliphatic carbocycles. The number of hydrogen-bond acceptors (Lipinski definition) is 2. The van der Waals surface area contributed by atoms with Gasteiger partial charge < -0.3 is 9.67 Å². The predicted octanol–water partition coefficient (Wildman–Crippen LogP) is 9.06. The number of phenolic OH excluding ortho intramolecular Hbond substituents is 1. The van der Waals surface area contributed by atoms with Crippen LogP contribution in [0.3, 0.4) is 0 Å². The zero-order valence-electron chi connectivity index (χ0n) is 25.1. The third-order valence-corrected chi connectivity index (χ3v) is 12.4. The van der Waals surface area contributed by atoms with Crippen LogP contribution in [0.25, 0.3) is 22.3 Å². The van der Waals surface area contributed by atoms with Gasteiger partial charge in [0.25, 0.3) is 0 Å². The molecule has 0 spiro atoms. The molecular weight excluding hydrogens is 579 g/mol. The average Bonchev–Trinajstić information content (AvgIpc) is 3.42. The Morgan fingerprint density at radius 1 is 0.413 bits per heavy atom. The lowest BCUT2D eigenvalue weighted by Gasteiger charge is -2.34. The second kappa shape index (κ2) is 11.2. The largest absolute Gasteiger partial charge is 0.507 e. The van der Waals surface area contributed by atoms with Gasteiger partial charge in [0.2, 0.25) is 0 Å². The van der Waals surface area contributed by atoms with E-state index in [2.05, 4.69) is 78.9 Å². The monoisotopic (exact) mass is 610 g/mol. The maximum Gasteiger partial charge on any atom is 0.171 e. The summed E-state index contributed by atoms with van der Waals surface area (Å²) in [6, 6.07) is 61.1. The molecule has 0 heterocycles. The molecule has 46 heavy (non-hydrogen) atoms.